The molecule has 114 valence electrons. The van der Waals surface area contributed by atoms with E-state index in [4.69, 9.17) is 4.74 Å². The van der Waals surface area contributed by atoms with Crippen LogP contribution in [0.25, 0.3) is 0 Å². The van der Waals surface area contributed by atoms with Crippen molar-refractivity contribution in [1.82, 2.24) is 9.88 Å². The second kappa shape index (κ2) is 5.97. The summed E-state index contributed by atoms with van der Waals surface area (Å²) < 4.78 is 32.5. The van der Waals surface area contributed by atoms with E-state index in [1.165, 1.54) is 11.0 Å². The lowest BCUT2D eigenvalue weighted by Gasteiger charge is -2.38. The van der Waals surface area contributed by atoms with Gasteiger partial charge in [0.1, 0.15) is 29.2 Å². The zero-order valence-electron chi connectivity index (χ0n) is 11.5. The fraction of sp³-hybridized carbons (Fsp3) is 0.200. The van der Waals surface area contributed by atoms with E-state index in [0.29, 0.717) is 18.8 Å². The lowest BCUT2D eigenvalue weighted by molar-refractivity contribution is 0.0490. The molecule has 0 aliphatic carbocycles. The summed E-state index contributed by atoms with van der Waals surface area (Å²) >= 11 is 0. The number of nitrogens with zero attached hydrogens (tertiary/aromatic N) is 2. The number of ether oxygens (including phenoxy) is 1. The van der Waals surface area contributed by atoms with Gasteiger partial charge in [-0.05, 0) is 24.3 Å². The van der Waals surface area contributed by atoms with Crippen molar-refractivity contribution in [2.24, 2.45) is 0 Å². The number of nitrogens with one attached hydrogen (secondary N) is 1. The van der Waals surface area contributed by atoms with E-state index in [1.807, 2.05) is 0 Å². The zero-order chi connectivity index (χ0) is 15.5. The number of hydrogen-bond donors (Lipinski definition) is 1. The maximum atomic E-state index is 13.5. The van der Waals surface area contributed by atoms with Gasteiger partial charge in [0, 0.05) is 6.20 Å². The molecule has 3 rings (SSSR count). The highest BCUT2D eigenvalue weighted by Gasteiger charge is 2.33. The van der Waals surface area contributed by atoms with Crippen molar-refractivity contribution in [3.63, 3.8) is 0 Å². The molecule has 2 aromatic rings. The molecule has 1 N–H and O–H groups in total. The Morgan fingerprint density at radius 2 is 1.95 bits per heavy atom. The predicted octanol–water partition coefficient (Wildman–Crippen LogP) is 2.65. The Morgan fingerprint density at radius 3 is 2.59 bits per heavy atom. The number of carbonyl (C=O) groups excluding carboxylic acids is 1. The molecule has 0 saturated carbocycles. The number of halogens is 2. The Bertz CT molecular complexity index is 655. The van der Waals surface area contributed by atoms with Crippen LogP contribution >= 0.6 is 0 Å². The molecule has 0 bridgehead atoms. The summed E-state index contributed by atoms with van der Waals surface area (Å²) in [5.74, 6) is -0.998. The number of amides is 2. The highest BCUT2D eigenvalue weighted by Crippen LogP contribution is 2.21. The summed E-state index contributed by atoms with van der Waals surface area (Å²) in [5.41, 5.74) is -0.441. The van der Waals surface area contributed by atoms with Crippen LogP contribution in [0.5, 0.6) is 5.75 Å². The van der Waals surface area contributed by atoms with Gasteiger partial charge in [0.2, 0.25) is 0 Å². The van der Waals surface area contributed by atoms with Crippen molar-refractivity contribution >= 4 is 11.7 Å². The summed E-state index contributed by atoms with van der Waals surface area (Å²) in [7, 11) is 0. The number of aromatic nitrogens is 1. The van der Waals surface area contributed by atoms with Gasteiger partial charge in [-0.1, -0.05) is 6.07 Å². The van der Waals surface area contributed by atoms with Gasteiger partial charge in [0.15, 0.2) is 0 Å². The molecular weight excluding hydrogens is 292 g/mol. The fourth-order valence-corrected chi connectivity index (χ4v) is 2.09. The highest BCUT2D eigenvalue weighted by molar-refractivity contribution is 5.90. The van der Waals surface area contributed by atoms with Crippen LogP contribution in [-0.4, -0.2) is 35.1 Å². The van der Waals surface area contributed by atoms with Crippen molar-refractivity contribution in [3.05, 3.63) is 54.4 Å². The Morgan fingerprint density at radius 1 is 1.23 bits per heavy atom. The minimum absolute atomic E-state index is 0.152. The van der Waals surface area contributed by atoms with E-state index in [2.05, 4.69) is 10.3 Å². The predicted molar refractivity (Wildman–Crippen MR) is 75.6 cm³/mol. The first-order valence-corrected chi connectivity index (χ1v) is 6.70. The molecular formula is C15H13F2N3O2. The number of urea groups is 1. The standard InChI is InChI=1S/C15H13F2N3O2/c16-12-4-1-5-13(17)14(12)19-15(21)20-8-11(9-20)22-10-3-2-6-18-7-10/h1-7,11H,8-9H2,(H,19,21). The molecule has 1 aromatic carbocycles. The van der Waals surface area contributed by atoms with Gasteiger partial charge in [-0.3, -0.25) is 4.98 Å². The van der Waals surface area contributed by atoms with Gasteiger partial charge in [-0.2, -0.15) is 0 Å². The lowest BCUT2D eigenvalue weighted by Crippen LogP contribution is -2.57. The molecule has 1 aliphatic rings. The molecule has 7 heteroatoms. The zero-order valence-corrected chi connectivity index (χ0v) is 11.5. The smallest absolute Gasteiger partial charge is 0.322 e. The monoisotopic (exact) mass is 305 g/mol. The third kappa shape index (κ3) is 2.98. The van der Waals surface area contributed by atoms with Crippen molar-refractivity contribution in [1.29, 1.82) is 0 Å². The first-order valence-electron chi connectivity index (χ1n) is 6.70. The number of pyridine rings is 1. The largest absolute Gasteiger partial charge is 0.485 e. The lowest BCUT2D eigenvalue weighted by atomic mass is 10.2. The molecule has 1 aromatic heterocycles. The maximum Gasteiger partial charge on any atom is 0.322 e. The van der Waals surface area contributed by atoms with E-state index in [9.17, 15) is 13.6 Å². The van der Waals surface area contributed by atoms with Crippen molar-refractivity contribution in [2.45, 2.75) is 6.10 Å². The van der Waals surface area contributed by atoms with Gasteiger partial charge in [0.25, 0.3) is 0 Å². The molecule has 1 aliphatic heterocycles. The number of para-hydroxylation sites is 1. The van der Waals surface area contributed by atoms with Gasteiger partial charge in [0.05, 0.1) is 19.3 Å². The normalized spacial score (nSPS) is 14.4. The second-order valence-corrected chi connectivity index (χ2v) is 4.86. The highest BCUT2D eigenvalue weighted by atomic mass is 19.1. The van der Waals surface area contributed by atoms with Crippen molar-refractivity contribution in [2.75, 3.05) is 18.4 Å². The van der Waals surface area contributed by atoms with Crippen LogP contribution < -0.4 is 10.1 Å². The number of carbonyl (C=O) groups is 1. The molecule has 0 spiro atoms. The number of likely N-dealkylation sites (tertiary alicyclic amines) is 1. The summed E-state index contributed by atoms with van der Waals surface area (Å²) in [6, 6.07) is 6.37. The van der Waals surface area contributed by atoms with Crippen molar-refractivity contribution < 1.29 is 18.3 Å². The average molecular weight is 305 g/mol. The van der Waals surface area contributed by atoms with Gasteiger partial charge < -0.3 is 15.0 Å². The topological polar surface area (TPSA) is 54.5 Å². The summed E-state index contributed by atoms with van der Waals surface area (Å²) in [4.78, 5) is 17.2. The molecule has 1 saturated heterocycles. The Balaban J connectivity index is 1.53. The number of benzene rings is 1. The molecule has 2 heterocycles. The van der Waals surface area contributed by atoms with Crippen LogP contribution in [0.2, 0.25) is 0 Å². The second-order valence-electron chi connectivity index (χ2n) is 4.86. The average Bonchev–Trinajstić information content (AvgIpc) is 2.47. The van der Waals surface area contributed by atoms with Crippen LogP contribution in [-0.2, 0) is 0 Å². The molecule has 22 heavy (non-hydrogen) atoms. The summed E-state index contributed by atoms with van der Waals surface area (Å²) in [6.45, 7) is 0.688. The SMILES string of the molecule is O=C(Nc1c(F)cccc1F)N1CC(Oc2cccnc2)C1. The third-order valence-electron chi connectivity index (χ3n) is 3.27. The summed E-state index contributed by atoms with van der Waals surface area (Å²) in [5, 5.41) is 2.23. The first kappa shape index (κ1) is 14.2. The van der Waals surface area contributed by atoms with Crippen LogP contribution in [0, 0.1) is 11.6 Å². The molecule has 0 unspecified atom stereocenters. The number of hydrogen-bond acceptors (Lipinski definition) is 3. The minimum atomic E-state index is -0.808. The molecule has 0 radical (unpaired) electrons. The Labute approximate surface area is 125 Å². The number of rotatable bonds is 3. The quantitative estimate of drug-likeness (QED) is 0.948. The molecule has 1 fully saturated rings. The number of anilines is 1. The van der Waals surface area contributed by atoms with Crippen molar-refractivity contribution in [3.8, 4) is 5.75 Å². The van der Waals surface area contributed by atoms with Gasteiger partial charge in [-0.15, -0.1) is 0 Å². The molecule has 0 atom stereocenters. The van der Waals surface area contributed by atoms with Crippen LogP contribution in [0.4, 0.5) is 19.3 Å². The van der Waals surface area contributed by atoms with E-state index in [1.54, 1.807) is 24.5 Å². The molecule has 2 amide bonds. The van der Waals surface area contributed by atoms with E-state index < -0.39 is 23.4 Å². The Hall–Kier alpha value is -2.70. The third-order valence-corrected chi connectivity index (χ3v) is 3.27. The minimum Gasteiger partial charge on any atom is -0.485 e. The Kier molecular flexibility index (Phi) is 3.86. The van der Waals surface area contributed by atoms with Gasteiger partial charge >= 0.3 is 6.03 Å². The first-order chi connectivity index (χ1) is 10.6. The fourth-order valence-electron chi connectivity index (χ4n) is 2.09. The van der Waals surface area contributed by atoms with E-state index in [-0.39, 0.29) is 6.10 Å². The maximum absolute atomic E-state index is 13.5. The summed E-state index contributed by atoms with van der Waals surface area (Å²) in [6.07, 6.45) is 3.06. The van der Waals surface area contributed by atoms with Crippen LogP contribution in [0.3, 0.4) is 0 Å². The van der Waals surface area contributed by atoms with E-state index >= 15 is 0 Å². The van der Waals surface area contributed by atoms with Crippen LogP contribution in [0.1, 0.15) is 0 Å². The van der Waals surface area contributed by atoms with Crippen LogP contribution in [0.15, 0.2) is 42.7 Å². The van der Waals surface area contributed by atoms with Gasteiger partial charge in [-0.25, -0.2) is 13.6 Å². The van der Waals surface area contributed by atoms with E-state index in [0.717, 1.165) is 12.1 Å². The molecule has 5 nitrogen and oxygen atoms in total.